The second-order valence-electron chi connectivity index (χ2n) is 9.20. The molecule has 0 bridgehead atoms. The van der Waals surface area contributed by atoms with E-state index < -0.39 is 23.4 Å². The van der Waals surface area contributed by atoms with E-state index in [1.165, 1.54) is 11.3 Å². The van der Waals surface area contributed by atoms with Crippen LogP contribution >= 0.6 is 22.9 Å². The van der Waals surface area contributed by atoms with Crippen LogP contribution in [0.2, 0.25) is 5.15 Å². The van der Waals surface area contributed by atoms with Crippen LogP contribution in [0.1, 0.15) is 58.9 Å². The highest BCUT2D eigenvalue weighted by Crippen LogP contribution is 2.37. The molecule has 0 aliphatic rings. The lowest BCUT2D eigenvalue weighted by molar-refractivity contribution is 0.0507. The Bertz CT molecular complexity index is 944. The van der Waals surface area contributed by atoms with Gasteiger partial charge in [0.25, 0.3) is 0 Å². The minimum atomic E-state index is -0.612. The van der Waals surface area contributed by atoms with Crippen molar-refractivity contribution < 1.29 is 19.1 Å². The molecule has 2 aromatic rings. The molecule has 0 fully saturated rings. The number of hydrogen-bond acceptors (Lipinski definition) is 6. The largest absolute Gasteiger partial charge is 0.444 e. The van der Waals surface area contributed by atoms with Crippen LogP contribution in [0.15, 0.2) is 6.07 Å². The minimum absolute atomic E-state index is 0.149. The number of hydrogen-bond donors (Lipinski definition) is 2. The molecule has 2 aromatic heterocycles. The average Bonchev–Trinajstić information content (AvgIpc) is 2.80. The van der Waals surface area contributed by atoms with Gasteiger partial charge in [0, 0.05) is 23.4 Å². The normalized spacial score (nSPS) is 13.1. The third-order valence-electron chi connectivity index (χ3n) is 3.83. The first-order chi connectivity index (χ1) is 13.6. The van der Waals surface area contributed by atoms with Crippen LogP contribution in [0.25, 0.3) is 10.2 Å². The Morgan fingerprint density at radius 2 is 1.70 bits per heavy atom. The minimum Gasteiger partial charge on any atom is -0.444 e. The molecule has 9 heteroatoms. The standard InChI is InChI=1S/C21H30ClN3O4S/c1-11(23-18(26)28-20(3,4)5)9-14-12(2)16-17(30-14)13(10-15(22)25-16)24-19(27)29-21(6,7)8/h10-11H,9H2,1-8H3,(H,23,26)(H,24,25,27)/t11-/m0/s1. The fourth-order valence-electron chi connectivity index (χ4n) is 2.73. The van der Waals surface area contributed by atoms with E-state index >= 15 is 0 Å². The van der Waals surface area contributed by atoms with Crippen molar-refractivity contribution in [3.05, 3.63) is 21.7 Å². The van der Waals surface area contributed by atoms with Gasteiger partial charge < -0.3 is 14.8 Å². The van der Waals surface area contributed by atoms with E-state index in [9.17, 15) is 9.59 Å². The monoisotopic (exact) mass is 455 g/mol. The summed E-state index contributed by atoms with van der Waals surface area (Å²) in [7, 11) is 0. The molecular weight excluding hydrogens is 426 g/mol. The van der Waals surface area contributed by atoms with Gasteiger partial charge in [-0.2, -0.15) is 0 Å². The van der Waals surface area contributed by atoms with Gasteiger partial charge in [-0.1, -0.05) is 11.6 Å². The molecule has 0 saturated heterocycles. The van der Waals surface area contributed by atoms with Crippen molar-refractivity contribution in [2.75, 3.05) is 5.32 Å². The summed E-state index contributed by atoms with van der Waals surface area (Å²) in [5, 5.41) is 5.90. The number of nitrogens with one attached hydrogen (secondary N) is 2. The van der Waals surface area contributed by atoms with Gasteiger partial charge in [-0.3, -0.25) is 5.32 Å². The van der Waals surface area contributed by atoms with Crippen molar-refractivity contribution in [3.63, 3.8) is 0 Å². The molecule has 0 unspecified atom stereocenters. The van der Waals surface area contributed by atoms with Crippen molar-refractivity contribution >= 4 is 51.0 Å². The number of aromatic nitrogens is 1. The van der Waals surface area contributed by atoms with Gasteiger partial charge in [-0.25, -0.2) is 14.6 Å². The Kier molecular flexibility index (Phi) is 7.24. The number of anilines is 1. The van der Waals surface area contributed by atoms with Gasteiger partial charge in [-0.05, 0) is 61.0 Å². The lowest BCUT2D eigenvalue weighted by atomic mass is 10.1. The molecular formula is C21H30ClN3O4S. The average molecular weight is 456 g/mol. The lowest BCUT2D eigenvalue weighted by Gasteiger charge is -2.21. The summed E-state index contributed by atoms with van der Waals surface area (Å²) in [6, 6.07) is 1.46. The van der Waals surface area contributed by atoms with Gasteiger partial charge in [0.2, 0.25) is 0 Å². The Morgan fingerprint density at radius 1 is 1.13 bits per heavy atom. The van der Waals surface area contributed by atoms with Crippen LogP contribution in [0.5, 0.6) is 0 Å². The highest BCUT2D eigenvalue weighted by atomic mass is 35.5. The first-order valence-electron chi connectivity index (χ1n) is 9.72. The summed E-state index contributed by atoms with van der Waals surface area (Å²) < 4.78 is 11.5. The Labute approximate surface area is 186 Å². The predicted octanol–water partition coefficient (Wildman–Crippen LogP) is 6.06. The van der Waals surface area contributed by atoms with E-state index in [0.29, 0.717) is 12.1 Å². The number of thiophene rings is 1. The molecule has 30 heavy (non-hydrogen) atoms. The second-order valence-corrected chi connectivity index (χ2v) is 10.7. The topological polar surface area (TPSA) is 89.6 Å². The van der Waals surface area contributed by atoms with E-state index in [0.717, 1.165) is 20.7 Å². The number of nitrogens with zero attached hydrogens (tertiary/aromatic N) is 1. The van der Waals surface area contributed by atoms with Gasteiger partial charge >= 0.3 is 12.2 Å². The van der Waals surface area contributed by atoms with Crippen molar-refractivity contribution in [2.45, 2.75) is 79.1 Å². The zero-order valence-corrected chi connectivity index (χ0v) is 20.3. The van der Waals surface area contributed by atoms with Gasteiger partial charge in [0.15, 0.2) is 0 Å². The van der Waals surface area contributed by atoms with E-state index in [1.54, 1.807) is 26.8 Å². The highest BCUT2D eigenvalue weighted by molar-refractivity contribution is 7.19. The fraction of sp³-hybridized carbons (Fsp3) is 0.571. The molecule has 0 radical (unpaired) electrons. The predicted molar refractivity (Wildman–Crippen MR) is 122 cm³/mol. The number of rotatable bonds is 4. The summed E-state index contributed by atoms with van der Waals surface area (Å²) in [4.78, 5) is 29.7. The van der Waals surface area contributed by atoms with Crippen LogP contribution < -0.4 is 10.6 Å². The molecule has 0 aromatic carbocycles. The summed E-state index contributed by atoms with van der Waals surface area (Å²) in [5.41, 5.74) is 1.06. The Balaban J connectivity index is 2.24. The fourth-order valence-corrected chi connectivity index (χ4v) is 4.27. The number of pyridine rings is 1. The van der Waals surface area contributed by atoms with Crippen molar-refractivity contribution in [3.8, 4) is 0 Å². The molecule has 2 N–H and O–H groups in total. The molecule has 166 valence electrons. The summed E-state index contributed by atoms with van der Waals surface area (Å²) in [6.07, 6.45) is -0.420. The molecule has 0 aliphatic carbocycles. The Morgan fingerprint density at radius 3 is 2.27 bits per heavy atom. The first kappa shape index (κ1) is 24.2. The van der Waals surface area contributed by atoms with E-state index in [2.05, 4.69) is 15.6 Å². The maximum Gasteiger partial charge on any atom is 0.412 e. The molecule has 7 nitrogen and oxygen atoms in total. The number of ether oxygens (including phenoxy) is 2. The maximum atomic E-state index is 12.2. The number of carbonyl (C=O) groups is 2. The molecule has 2 heterocycles. The first-order valence-corrected chi connectivity index (χ1v) is 10.9. The van der Waals surface area contributed by atoms with Gasteiger partial charge in [0.05, 0.1) is 15.9 Å². The number of amides is 2. The third-order valence-corrected chi connectivity index (χ3v) is 5.36. The number of carbonyl (C=O) groups excluding carboxylic acids is 2. The van der Waals surface area contributed by atoms with Crippen LogP contribution in [-0.2, 0) is 15.9 Å². The summed E-state index contributed by atoms with van der Waals surface area (Å²) >= 11 is 7.69. The number of alkyl carbamates (subject to hydrolysis) is 1. The molecule has 0 saturated carbocycles. The zero-order valence-electron chi connectivity index (χ0n) is 18.7. The third kappa shape index (κ3) is 7.02. The van der Waals surface area contributed by atoms with E-state index in [-0.39, 0.29) is 11.2 Å². The van der Waals surface area contributed by atoms with E-state index in [1.807, 2.05) is 34.6 Å². The Hall–Kier alpha value is -2.06. The smallest absolute Gasteiger partial charge is 0.412 e. The van der Waals surface area contributed by atoms with E-state index in [4.69, 9.17) is 21.1 Å². The van der Waals surface area contributed by atoms with Crippen molar-refractivity contribution in [1.82, 2.24) is 10.3 Å². The quantitative estimate of drug-likeness (QED) is 0.547. The number of aryl methyl sites for hydroxylation is 1. The summed E-state index contributed by atoms with van der Waals surface area (Å²) in [5.74, 6) is 0. The summed E-state index contributed by atoms with van der Waals surface area (Å²) in [6.45, 7) is 14.7. The second kappa shape index (κ2) is 8.98. The highest BCUT2D eigenvalue weighted by Gasteiger charge is 2.22. The van der Waals surface area contributed by atoms with Crippen molar-refractivity contribution in [2.24, 2.45) is 0 Å². The van der Waals surface area contributed by atoms with Gasteiger partial charge in [0.1, 0.15) is 16.4 Å². The van der Waals surface area contributed by atoms with Crippen LogP contribution in [0, 0.1) is 6.92 Å². The maximum absolute atomic E-state index is 12.2. The number of halogens is 1. The molecule has 2 amide bonds. The van der Waals surface area contributed by atoms with Crippen molar-refractivity contribution in [1.29, 1.82) is 0 Å². The number of fused-ring (bicyclic) bond motifs is 1. The molecule has 1 atom stereocenters. The molecule has 0 aliphatic heterocycles. The lowest BCUT2D eigenvalue weighted by Crippen LogP contribution is -2.38. The molecule has 0 spiro atoms. The zero-order chi connectivity index (χ0) is 22.9. The molecule has 2 rings (SSSR count). The SMILES string of the molecule is Cc1c(C[C@H](C)NC(=O)OC(C)(C)C)sc2c(NC(=O)OC(C)(C)C)cc(Cl)nc12. The van der Waals surface area contributed by atoms with Crippen LogP contribution in [0.4, 0.5) is 15.3 Å². The van der Waals surface area contributed by atoms with Gasteiger partial charge in [-0.15, -0.1) is 11.3 Å². The van der Waals surface area contributed by atoms with Crippen LogP contribution in [-0.4, -0.2) is 34.4 Å². The van der Waals surface area contributed by atoms with Crippen LogP contribution in [0.3, 0.4) is 0 Å².